The van der Waals surface area contributed by atoms with E-state index in [1.165, 1.54) is 5.56 Å². The Morgan fingerprint density at radius 1 is 1.24 bits per heavy atom. The van der Waals surface area contributed by atoms with Crippen LogP contribution in [0.15, 0.2) is 48.5 Å². The number of halogens is 1. The predicted octanol–water partition coefficient (Wildman–Crippen LogP) is 4.85. The van der Waals surface area contributed by atoms with Gasteiger partial charge in [-0.3, -0.25) is 4.79 Å². The lowest BCUT2D eigenvalue weighted by Crippen LogP contribution is -2.41. The van der Waals surface area contributed by atoms with Gasteiger partial charge in [-0.1, -0.05) is 41.9 Å². The standard InChI is InChI=1S/C25H23ClN2O4S/c1-14-27-20-9-10-28(25(31)18-12-17(18)15-5-3-2-4-6-15)23(24(20)33-14)19-11-16(26)7-8-21(19)32-13-22(29)30/h2-8,11,17-18,23H,9-10,12-13H2,1H3,(H,29,30)/t17-,18+,23+/m0/s1. The highest BCUT2D eigenvalue weighted by Gasteiger charge is 2.48. The van der Waals surface area contributed by atoms with E-state index in [1.807, 2.05) is 30.0 Å². The van der Waals surface area contributed by atoms with Crippen molar-refractivity contribution >= 4 is 34.8 Å². The molecule has 0 radical (unpaired) electrons. The molecule has 1 aromatic heterocycles. The van der Waals surface area contributed by atoms with E-state index < -0.39 is 18.6 Å². The van der Waals surface area contributed by atoms with Gasteiger partial charge in [-0.15, -0.1) is 11.3 Å². The number of thiazole rings is 1. The van der Waals surface area contributed by atoms with Crippen LogP contribution in [0.1, 0.15) is 45.1 Å². The Morgan fingerprint density at radius 3 is 2.79 bits per heavy atom. The Labute approximate surface area is 200 Å². The molecule has 6 nitrogen and oxygen atoms in total. The van der Waals surface area contributed by atoms with Crippen LogP contribution in [0.5, 0.6) is 5.75 Å². The Kier molecular flexibility index (Phi) is 5.85. The molecule has 1 fully saturated rings. The van der Waals surface area contributed by atoms with E-state index in [-0.39, 0.29) is 17.7 Å². The number of hydrogen-bond acceptors (Lipinski definition) is 5. The van der Waals surface area contributed by atoms with Crippen LogP contribution in [0.3, 0.4) is 0 Å². The maximum atomic E-state index is 13.7. The summed E-state index contributed by atoms with van der Waals surface area (Å²) >= 11 is 7.91. The maximum absolute atomic E-state index is 13.7. The lowest BCUT2D eigenvalue weighted by atomic mass is 9.95. The molecule has 2 aromatic carbocycles. The SMILES string of the molecule is Cc1nc2c(s1)[C@@H](c1cc(Cl)ccc1OCC(=O)O)N(C(=O)[C@@H]1C[C@H]1c1ccccc1)CC2. The number of nitrogens with zero attached hydrogens (tertiary/aromatic N) is 2. The van der Waals surface area contributed by atoms with Crippen molar-refractivity contribution in [2.45, 2.75) is 31.7 Å². The molecular weight excluding hydrogens is 460 g/mol. The smallest absolute Gasteiger partial charge is 0.341 e. The van der Waals surface area contributed by atoms with Crippen molar-refractivity contribution in [2.75, 3.05) is 13.2 Å². The highest BCUT2D eigenvalue weighted by atomic mass is 35.5. The molecule has 2 heterocycles. The number of carboxylic acid groups (broad SMARTS) is 1. The van der Waals surface area contributed by atoms with Gasteiger partial charge in [0, 0.05) is 29.5 Å². The lowest BCUT2D eigenvalue weighted by Gasteiger charge is -2.36. The summed E-state index contributed by atoms with van der Waals surface area (Å²) in [5.41, 5.74) is 2.86. The van der Waals surface area contributed by atoms with Crippen LogP contribution < -0.4 is 4.74 Å². The van der Waals surface area contributed by atoms with Crippen LogP contribution in [0, 0.1) is 12.8 Å². The Balaban J connectivity index is 1.52. The summed E-state index contributed by atoms with van der Waals surface area (Å²) in [4.78, 5) is 32.5. The molecular formula is C25H23ClN2O4S. The molecule has 3 aromatic rings. The number of carboxylic acids is 1. The first kappa shape index (κ1) is 21.9. The third-order valence-corrected chi connectivity index (χ3v) is 7.52. The minimum atomic E-state index is -1.06. The van der Waals surface area contributed by atoms with Gasteiger partial charge in [0.2, 0.25) is 5.91 Å². The van der Waals surface area contributed by atoms with E-state index in [4.69, 9.17) is 21.4 Å². The average molecular weight is 483 g/mol. The van der Waals surface area contributed by atoms with Gasteiger partial charge < -0.3 is 14.7 Å². The molecule has 5 rings (SSSR count). The number of benzene rings is 2. The molecule has 0 saturated heterocycles. The summed E-state index contributed by atoms with van der Waals surface area (Å²) in [6.07, 6.45) is 1.52. The van der Waals surface area contributed by atoms with Crippen LogP contribution in [-0.2, 0) is 16.0 Å². The summed E-state index contributed by atoms with van der Waals surface area (Å²) < 4.78 is 5.61. The number of carbonyl (C=O) groups excluding carboxylic acids is 1. The molecule has 8 heteroatoms. The number of hydrogen-bond donors (Lipinski definition) is 1. The zero-order chi connectivity index (χ0) is 23.1. The topological polar surface area (TPSA) is 79.7 Å². The summed E-state index contributed by atoms with van der Waals surface area (Å²) in [7, 11) is 0. The van der Waals surface area contributed by atoms with Crippen molar-refractivity contribution in [3.63, 3.8) is 0 Å². The van der Waals surface area contributed by atoms with Gasteiger partial charge in [0.25, 0.3) is 0 Å². The van der Waals surface area contributed by atoms with E-state index in [9.17, 15) is 9.59 Å². The van der Waals surface area contributed by atoms with E-state index in [0.29, 0.717) is 29.3 Å². The van der Waals surface area contributed by atoms with Crippen LogP contribution in [0.25, 0.3) is 0 Å². The molecule has 0 bridgehead atoms. The Morgan fingerprint density at radius 2 is 2.03 bits per heavy atom. The van der Waals surface area contributed by atoms with Crippen molar-refractivity contribution in [2.24, 2.45) is 5.92 Å². The molecule has 170 valence electrons. The quantitative estimate of drug-likeness (QED) is 0.543. The number of rotatable bonds is 6. The molecule has 1 saturated carbocycles. The van der Waals surface area contributed by atoms with Gasteiger partial charge >= 0.3 is 5.97 Å². The fraction of sp³-hybridized carbons (Fsp3) is 0.320. The van der Waals surface area contributed by atoms with Gasteiger partial charge in [-0.25, -0.2) is 9.78 Å². The molecule has 1 N–H and O–H groups in total. The van der Waals surface area contributed by atoms with Crippen molar-refractivity contribution in [3.05, 3.63) is 80.3 Å². The van der Waals surface area contributed by atoms with Crippen LogP contribution in [0.2, 0.25) is 5.02 Å². The average Bonchev–Trinajstić information content (AvgIpc) is 3.51. The number of carbonyl (C=O) groups is 2. The summed E-state index contributed by atoms with van der Waals surface area (Å²) in [6, 6.07) is 14.8. The summed E-state index contributed by atoms with van der Waals surface area (Å²) in [6.45, 7) is 2.03. The third kappa shape index (κ3) is 4.35. The Hall–Kier alpha value is -2.90. The van der Waals surface area contributed by atoms with Crippen LogP contribution in [-0.4, -0.2) is 40.0 Å². The van der Waals surface area contributed by atoms with Crippen molar-refractivity contribution in [1.82, 2.24) is 9.88 Å². The number of amides is 1. The first-order valence-corrected chi connectivity index (χ1v) is 12.1. The fourth-order valence-electron chi connectivity index (χ4n) is 4.68. The molecule has 1 aliphatic carbocycles. The van der Waals surface area contributed by atoms with Gasteiger partial charge in [-0.05, 0) is 43.0 Å². The zero-order valence-electron chi connectivity index (χ0n) is 18.0. The first-order chi connectivity index (χ1) is 15.9. The van der Waals surface area contributed by atoms with Crippen LogP contribution >= 0.6 is 22.9 Å². The van der Waals surface area contributed by atoms with Gasteiger partial charge in [0.05, 0.1) is 21.6 Å². The second-order valence-corrected chi connectivity index (χ2v) is 10.1. The predicted molar refractivity (Wildman–Crippen MR) is 126 cm³/mol. The second kappa shape index (κ2) is 8.80. The monoisotopic (exact) mass is 482 g/mol. The zero-order valence-corrected chi connectivity index (χ0v) is 19.6. The minimum Gasteiger partial charge on any atom is -0.482 e. The van der Waals surface area contributed by atoms with E-state index in [1.54, 1.807) is 29.5 Å². The van der Waals surface area contributed by atoms with Gasteiger partial charge in [0.15, 0.2) is 6.61 Å². The van der Waals surface area contributed by atoms with Crippen molar-refractivity contribution in [3.8, 4) is 5.75 Å². The first-order valence-electron chi connectivity index (χ1n) is 10.9. The second-order valence-electron chi connectivity index (χ2n) is 8.45. The normalized spacial score (nSPS) is 21.4. The Bertz CT molecular complexity index is 1210. The van der Waals surface area contributed by atoms with Gasteiger partial charge in [0.1, 0.15) is 5.75 Å². The number of aryl methyl sites for hydroxylation is 1. The minimum absolute atomic E-state index is 0.0620. The van der Waals surface area contributed by atoms with Crippen LogP contribution in [0.4, 0.5) is 0 Å². The summed E-state index contributed by atoms with van der Waals surface area (Å²) in [5.74, 6) is -0.377. The number of fused-ring (bicyclic) bond motifs is 1. The van der Waals surface area contributed by atoms with Crippen molar-refractivity contribution < 1.29 is 19.4 Å². The molecule has 3 atom stereocenters. The van der Waals surface area contributed by atoms with E-state index >= 15 is 0 Å². The molecule has 33 heavy (non-hydrogen) atoms. The van der Waals surface area contributed by atoms with Crippen molar-refractivity contribution in [1.29, 1.82) is 0 Å². The highest BCUT2D eigenvalue weighted by Crippen LogP contribution is 2.51. The number of ether oxygens (including phenoxy) is 1. The molecule has 0 spiro atoms. The fourth-order valence-corrected chi connectivity index (χ4v) is 5.96. The number of aliphatic carboxylic acids is 1. The van der Waals surface area contributed by atoms with E-state index in [0.717, 1.165) is 22.0 Å². The van der Waals surface area contributed by atoms with Gasteiger partial charge in [-0.2, -0.15) is 0 Å². The third-order valence-electron chi connectivity index (χ3n) is 6.22. The largest absolute Gasteiger partial charge is 0.482 e. The highest BCUT2D eigenvalue weighted by molar-refractivity contribution is 7.11. The molecule has 1 amide bonds. The van der Waals surface area contributed by atoms with E-state index in [2.05, 4.69) is 17.1 Å². The molecule has 2 aliphatic rings. The number of aromatic nitrogens is 1. The lowest BCUT2D eigenvalue weighted by molar-refractivity contribution is -0.139. The molecule has 1 aliphatic heterocycles. The maximum Gasteiger partial charge on any atom is 0.341 e. The molecule has 0 unspecified atom stereocenters. The summed E-state index contributed by atoms with van der Waals surface area (Å²) in [5, 5.41) is 10.6.